The van der Waals surface area contributed by atoms with Gasteiger partial charge in [0, 0.05) is 32.8 Å². The van der Waals surface area contributed by atoms with Crippen LogP contribution >= 0.6 is 0 Å². The molecule has 0 unspecified atom stereocenters. The Morgan fingerprint density at radius 3 is 1.64 bits per heavy atom. The van der Waals surface area contributed by atoms with Gasteiger partial charge >= 0.3 is 0 Å². The summed E-state index contributed by atoms with van der Waals surface area (Å²) in [4.78, 5) is 15.5. The van der Waals surface area contributed by atoms with E-state index in [1.807, 2.05) is 42.5 Å². The number of benzene rings is 9. The molecule has 270 valence electrons. The quantitative estimate of drug-likeness (QED) is 0.165. The molecule has 5 heteroatoms. The lowest BCUT2D eigenvalue weighted by molar-refractivity contribution is 0.617. The minimum atomic E-state index is 0.565. The zero-order valence-electron chi connectivity index (χ0n) is 31.2. The van der Waals surface area contributed by atoms with Gasteiger partial charge in [-0.2, -0.15) is 9.97 Å². The molecular formula is C53H32N4O. The normalized spacial score (nSPS) is 11.8. The molecule has 3 heterocycles. The summed E-state index contributed by atoms with van der Waals surface area (Å²) in [7, 11) is 0. The molecule has 0 saturated heterocycles. The van der Waals surface area contributed by atoms with Gasteiger partial charge in [-0.15, -0.1) is 0 Å². The van der Waals surface area contributed by atoms with E-state index in [4.69, 9.17) is 19.4 Å². The monoisotopic (exact) mass is 740 g/mol. The molecule has 12 aromatic rings. The molecule has 0 aliphatic heterocycles. The Morgan fingerprint density at radius 1 is 0.345 bits per heavy atom. The van der Waals surface area contributed by atoms with Crippen molar-refractivity contribution in [2.75, 3.05) is 0 Å². The first-order chi connectivity index (χ1) is 28.7. The van der Waals surface area contributed by atoms with Gasteiger partial charge in [0.25, 0.3) is 0 Å². The highest BCUT2D eigenvalue weighted by Gasteiger charge is 2.21. The van der Waals surface area contributed by atoms with Gasteiger partial charge in [0.2, 0.25) is 5.95 Å². The van der Waals surface area contributed by atoms with Gasteiger partial charge in [0.05, 0.1) is 17.3 Å². The number of fused-ring (bicyclic) bond motifs is 10. The maximum absolute atomic E-state index is 6.03. The SMILES string of the molecule is c1ccc(-c2ccc3c(c2)c2cc4c5ccccc5c5ccc(-c6cccc7ccoc67)cc5c4cc2n3-c2nc(-c3ccccc3)nc(-c3ccccc3)n2)cc1. The van der Waals surface area contributed by atoms with Crippen molar-refractivity contribution in [3.8, 4) is 51.0 Å². The number of hydrogen-bond donors (Lipinski definition) is 0. The van der Waals surface area contributed by atoms with Crippen molar-refractivity contribution in [1.29, 1.82) is 0 Å². The first kappa shape index (κ1) is 32.4. The van der Waals surface area contributed by atoms with Crippen LogP contribution in [-0.2, 0) is 0 Å². The zero-order valence-corrected chi connectivity index (χ0v) is 31.2. The molecule has 0 amide bonds. The summed E-state index contributed by atoms with van der Waals surface area (Å²) in [5, 5.41) is 10.5. The van der Waals surface area contributed by atoms with Crippen molar-refractivity contribution >= 4 is 65.1 Å². The maximum Gasteiger partial charge on any atom is 0.238 e. The smallest absolute Gasteiger partial charge is 0.238 e. The Hall–Kier alpha value is -7.89. The molecule has 0 atom stereocenters. The van der Waals surface area contributed by atoms with Crippen LogP contribution in [0.5, 0.6) is 0 Å². The molecule has 12 rings (SSSR count). The highest BCUT2D eigenvalue weighted by Crippen LogP contribution is 2.43. The van der Waals surface area contributed by atoms with Crippen LogP contribution in [0.15, 0.2) is 199 Å². The minimum Gasteiger partial charge on any atom is -0.464 e. The van der Waals surface area contributed by atoms with E-state index in [0.29, 0.717) is 17.6 Å². The average molecular weight is 741 g/mol. The van der Waals surface area contributed by atoms with E-state index in [1.54, 1.807) is 6.26 Å². The zero-order chi connectivity index (χ0) is 38.2. The summed E-state index contributed by atoms with van der Waals surface area (Å²) >= 11 is 0. The number of para-hydroxylation sites is 1. The maximum atomic E-state index is 6.03. The molecule has 0 fully saturated rings. The topological polar surface area (TPSA) is 56.7 Å². The fourth-order valence-electron chi connectivity index (χ4n) is 8.78. The van der Waals surface area contributed by atoms with Gasteiger partial charge in [0.15, 0.2) is 11.6 Å². The van der Waals surface area contributed by atoms with Crippen LogP contribution in [0.4, 0.5) is 0 Å². The lowest BCUT2D eigenvalue weighted by Gasteiger charge is -2.14. The van der Waals surface area contributed by atoms with Gasteiger partial charge < -0.3 is 4.42 Å². The first-order valence-corrected chi connectivity index (χ1v) is 19.5. The Bertz CT molecular complexity index is 3500. The average Bonchev–Trinajstić information content (AvgIpc) is 3.92. The van der Waals surface area contributed by atoms with Crippen LogP contribution in [0.2, 0.25) is 0 Å². The van der Waals surface area contributed by atoms with Gasteiger partial charge in [0.1, 0.15) is 5.58 Å². The number of aromatic nitrogens is 4. The predicted molar refractivity (Wildman–Crippen MR) is 238 cm³/mol. The van der Waals surface area contributed by atoms with Crippen LogP contribution in [0.1, 0.15) is 0 Å². The number of rotatable bonds is 5. The van der Waals surface area contributed by atoms with E-state index in [2.05, 4.69) is 150 Å². The Balaban J connectivity index is 1.22. The summed E-state index contributed by atoms with van der Waals surface area (Å²) in [6.45, 7) is 0. The van der Waals surface area contributed by atoms with Crippen LogP contribution in [0.25, 0.3) is 116 Å². The molecule has 5 nitrogen and oxygen atoms in total. The van der Waals surface area contributed by atoms with Gasteiger partial charge in [-0.1, -0.05) is 152 Å². The van der Waals surface area contributed by atoms with E-state index >= 15 is 0 Å². The van der Waals surface area contributed by atoms with Crippen LogP contribution < -0.4 is 0 Å². The van der Waals surface area contributed by atoms with Crippen molar-refractivity contribution in [3.05, 3.63) is 194 Å². The van der Waals surface area contributed by atoms with Crippen LogP contribution in [-0.4, -0.2) is 19.5 Å². The Labute approximate surface area is 333 Å². The minimum absolute atomic E-state index is 0.565. The summed E-state index contributed by atoms with van der Waals surface area (Å²) in [6, 6.07) is 66.3. The van der Waals surface area contributed by atoms with E-state index in [-0.39, 0.29) is 0 Å². The van der Waals surface area contributed by atoms with Crippen molar-refractivity contribution in [1.82, 2.24) is 19.5 Å². The molecule has 0 aliphatic carbocycles. The van der Waals surface area contributed by atoms with Gasteiger partial charge in [-0.25, -0.2) is 4.98 Å². The molecule has 0 saturated carbocycles. The third-order valence-electron chi connectivity index (χ3n) is 11.5. The lowest BCUT2D eigenvalue weighted by atomic mass is 9.91. The standard InChI is InChI=1S/C53H32N4O/c1-4-13-33(14-5-1)37-24-26-48-46(29-37)47-31-44-41-21-11-10-20-40(41)42-25-23-38(39-22-12-19-34-27-28-58-50(34)39)30-43(42)45(44)32-49(47)57(48)53-55-51(35-15-6-2-7-16-35)54-52(56-53)36-17-8-3-9-18-36/h1-32H. The van der Waals surface area contributed by atoms with E-state index in [0.717, 1.165) is 66.0 Å². The van der Waals surface area contributed by atoms with E-state index in [9.17, 15) is 0 Å². The van der Waals surface area contributed by atoms with E-state index in [1.165, 1.54) is 32.5 Å². The largest absolute Gasteiger partial charge is 0.464 e. The number of furan rings is 1. The second-order valence-electron chi connectivity index (χ2n) is 14.8. The highest BCUT2D eigenvalue weighted by atomic mass is 16.3. The molecule has 0 bridgehead atoms. The summed E-state index contributed by atoms with van der Waals surface area (Å²) in [5.41, 5.74) is 9.28. The van der Waals surface area contributed by atoms with Crippen molar-refractivity contribution < 1.29 is 4.42 Å². The van der Waals surface area contributed by atoms with Crippen molar-refractivity contribution in [2.45, 2.75) is 0 Å². The molecule has 0 N–H and O–H groups in total. The van der Waals surface area contributed by atoms with Crippen LogP contribution in [0.3, 0.4) is 0 Å². The second-order valence-corrected chi connectivity index (χ2v) is 14.8. The van der Waals surface area contributed by atoms with Crippen molar-refractivity contribution in [3.63, 3.8) is 0 Å². The number of nitrogens with zero attached hydrogens (tertiary/aromatic N) is 4. The lowest BCUT2D eigenvalue weighted by Crippen LogP contribution is -2.06. The van der Waals surface area contributed by atoms with E-state index < -0.39 is 0 Å². The molecule has 9 aromatic carbocycles. The molecule has 0 radical (unpaired) electrons. The summed E-state index contributed by atoms with van der Waals surface area (Å²) in [5.74, 6) is 1.80. The molecule has 3 aromatic heterocycles. The highest BCUT2D eigenvalue weighted by molar-refractivity contribution is 6.29. The summed E-state index contributed by atoms with van der Waals surface area (Å²) in [6.07, 6.45) is 1.77. The molecule has 58 heavy (non-hydrogen) atoms. The predicted octanol–water partition coefficient (Wildman–Crippen LogP) is 13.8. The Kier molecular flexibility index (Phi) is 7.16. The van der Waals surface area contributed by atoms with Crippen molar-refractivity contribution in [2.24, 2.45) is 0 Å². The molecule has 0 spiro atoms. The molecule has 0 aliphatic rings. The molecular weight excluding hydrogens is 709 g/mol. The Morgan fingerprint density at radius 2 is 0.914 bits per heavy atom. The number of hydrogen-bond acceptors (Lipinski definition) is 4. The third kappa shape index (κ3) is 5.07. The first-order valence-electron chi connectivity index (χ1n) is 19.5. The van der Waals surface area contributed by atoms with Crippen LogP contribution in [0, 0.1) is 0 Å². The summed E-state index contributed by atoms with van der Waals surface area (Å²) < 4.78 is 8.26. The fraction of sp³-hybridized carbons (Fsp3) is 0. The van der Waals surface area contributed by atoms with Gasteiger partial charge in [-0.05, 0) is 85.4 Å². The second kappa shape index (κ2) is 12.8. The fourth-order valence-corrected chi connectivity index (χ4v) is 8.78. The van der Waals surface area contributed by atoms with Gasteiger partial charge in [-0.3, -0.25) is 4.57 Å². The third-order valence-corrected chi connectivity index (χ3v) is 11.5.